The third-order valence-corrected chi connectivity index (χ3v) is 3.47. The Bertz CT molecular complexity index is 329. The van der Waals surface area contributed by atoms with Gasteiger partial charge in [0, 0.05) is 0 Å². The van der Waals surface area contributed by atoms with Crippen LogP contribution in [0.15, 0.2) is 0 Å². The summed E-state index contributed by atoms with van der Waals surface area (Å²) in [6.45, 7) is 5.38. The first-order valence-electron chi connectivity index (χ1n) is 7.39. The van der Waals surface area contributed by atoms with E-state index < -0.39 is 23.7 Å². The summed E-state index contributed by atoms with van der Waals surface area (Å²) >= 11 is 0. The van der Waals surface area contributed by atoms with Crippen LogP contribution < -0.4 is 5.32 Å². The number of carbonyl (C=O) groups excluding carboxylic acids is 2. The van der Waals surface area contributed by atoms with Gasteiger partial charge in [0.15, 0.2) is 0 Å². The van der Waals surface area contributed by atoms with Crippen LogP contribution in [0, 0.1) is 5.92 Å². The Morgan fingerprint density at radius 3 is 2.30 bits per heavy atom. The normalized spacial score (nSPS) is 18.2. The van der Waals surface area contributed by atoms with E-state index in [9.17, 15) is 9.59 Å². The lowest BCUT2D eigenvalue weighted by atomic mass is 9.85. The SMILES string of the molecule is COC(=O)C(CC1CCCCC1)NC(=O)OC(C)(C)C. The number of alkyl carbamates (subject to hydrolysis) is 1. The van der Waals surface area contributed by atoms with Crippen molar-refractivity contribution in [2.45, 2.75) is 70.9 Å². The number of rotatable bonds is 4. The predicted octanol–water partition coefficient (Wildman–Crippen LogP) is 3.02. The van der Waals surface area contributed by atoms with Crippen molar-refractivity contribution in [1.29, 1.82) is 0 Å². The molecule has 1 atom stereocenters. The summed E-state index contributed by atoms with van der Waals surface area (Å²) < 4.78 is 9.97. The lowest BCUT2D eigenvalue weighted by molar-refractivity contribution is -0.143. The molecule has 1 amide bonds. The Labute approximate surface area is 121 Å². The van der Waals surface area contributed by atoms with E-state index in [4.69, 9.17) is 9.47 Å². The van der Waals surface area contributed by atoms with Gasteiger partial charge in [0.25, 0.3) is 0 Å². The third kappa shape index (κ3) is 6.26. The van der Waals surface area contributed by atoms with Crippen LogP contribution in [0.5, 0.6) is 0 Å². The Kier molecular flexibility index (Phi) is 6.30. The lowest BCUT2D eigenvalue weighted by Crippen LogP contribution is -2.45. The van der Waals surface area contributed by atoms with Gasteiger partial charge in [0.2, 0.25) is 0 Å². The van der Waals surface area contributed by atoms with Crippen molar-refractivity contribution in [3.05, 3.63) is 0 Å². The second-order valence-corrected chi connectivity index (χ2v) is 6.46. The van der Waals surface area contributed by atoms with Gasteiger partial charge in [-0.25, -0.2) is 9.59 Å². The van der Waals surface area contributed by atoms with E-state index in [1.54, 1.807) is 20.8 Å². The van der Waals surface area contributed by atoms with Crippen LogP contribution in [0.3, 0.4) is 0 Å². The lowest BCUT2D eigenvalue weighted by Gasteiger charge is -2.27. The summed E-state index contributed by atoms with van der Waals surface area (Å²) in [4.78, 5) is 23.6. The molecular weight excluding hydrogens is 258 g/mol. The molecule has 0 radical (unpaired) electrons. The van der Waals surface area contributed by atoms with E-state index in [0.29, 0.717) is 12.3 Å². The van der Waals surface area contributed by atoms with E-state index >= 15 is 0 Å². The van der Waals surface area contributed by atoms with Crippen LogP contribution in [0.1, 0.15) is 59.3 Å². The van der Waals surface area contributed by atoms with Crippen molar-refractivity contribution in [3.63, 3.8) is 0 Å². The van der Waals surface area contributed by atoms with Gasteiger partial charge in [0.05, 0.1) is 7.11 Å². The molecule has 5 nitrogen and oxygen atoms in total. The Morgan fingerprint density at radius 1 is 1.20 bits per heavy atom. The first kappa shape index (κ1) is 16.8. The fraction of sp³-hybridized carbons (Fsp3) is 0.867. The molecular formula is C15H27NO4. The molecule has 0 heterocycles. The fourth-order valence-corrected chi connectivity index (χ4v) is 2.56. The Hall–Kier alpha value is -1.26. The van der Waals surface area contributed by atoms with Crippen molar-refractivity contribution < 1.29 is 19.1 Å². The average Bonchev–Trinajstić information content (AvgIpc) is 2.36. The minimum Gasteiger partial charge on any atom is -0.467 e. The molecule has 0 aliphatic heterocycles. The second-order valence-electron chi connectivity index (χ2n) is 6.46. The maximum Gasteiger partial charge on any atom is 0.408 e. The zero-order chi connectivity index (χ0) is 15.2. The number of esters is 1. The molecule has 0 bridgehead atoms. The van der Waals surface area contributed by atoms with Gasteiger partial charge in [-0.1, -0.05) is 32.1 Å². The van der Waals surface area contributed by atoms with Crippen LogP contribution >= 0.6 is 0 Å². The van der Waals surface area contributed by atoms with Gasteiger partial charge in [-0.05, 0) is 33.1 Å². The third-order valence-electron chi connectivity index (χ3n) is 3.47. The van der Waals surface area contributed by atoms with Gasteiger partial charge in [-0.2, -0.15) is 0 Å². The molecule has 0 aromatic heterocycles. The number of hydrogen-bond acceptors (Lipinski definition) is 4. The number of nitrogens with one attached hydrogen (secondary N) is 1. The fourth-order valence-electron chi connectivity index (χ4n) is 2.56. The summed E-state index contributed by atoms with van der Waals surface area (Å²) in [5.41, 5.74) is -0.574. The van der Waals surface area contributed by atoms with Crippen LogP contribution in [0.4, 0.5) is 4.79 Å². The van der Waals surface area contributed by atoms with Crippen LogP contribution in [-0.4, -0.2) is 30.8 Å². The molecule has 1 aliphatic rings. The van der Waals surface area contributed by atoms with E-state index in [-0.39, 0.29) is 0 Å². The van der Waals surface area contributed by atoms with Gasteiger partial charge in [-0.3, -0.25) is 0 Å². The maximum absolute atomic E-state index is 11.8. The first-order valence-corrected chi connectivity index (χ1v) is 7.39. The van der Waals surface area contributed by atoms with E-state index in [1.807, 2.05) is 0 Å². The minimum atomic E-state index is -0.613. The first-order chi connectivity index (χ1) is 9.31. The zero-order valence-corrected chi connectivity index (χ0v) is 13.0. The van der Waals surface area contributed by atoms with Gasteiger partial charge >= 0.3 is 12.1 Å². The zero-order valence-electron chi connectivity index (χ0n) is 13.0. The average molecular weight is 285 g/mol. The molecule has 0 aromatic rings. The van der Waals surface area contributed by atoms with Crippen LogP contribution in [-0.2, 0) is 14.3 Å². The quantitative estimate of drug-likeness (QED) is 0.806. The molecule has 0 saturated heterocycles. The van der Waals surface area contributed by atoms with Crippen molar-refractivity contribution in [2.24, 2.45) is 5.92 Å². The van der Waals surface area contributed by atoms with Crippen molar-refractivity contribution >= 4 is 12.1 Å². The standard InChI is InChI=1S/C15H27NO4/c1-15(2,3)20-14(18)16-12(13(17)19-4)10-11-8-6-5-7-9-11/h11-12H,5-10H2,1-4H3,(H,16,18). The molecule has 1 unspecified atom stereocenters. The van der Waals surface area contributed by atoms with Crippen molar-refractivity contribution in [1.82, 2.24) is 5.32 Å². The number of hydrogen-bond donors (Lipinski definition) is 1. The predicted molar refractivity (Wildman–Crippen MR) is 76.4 cm³/mol. The van der Waals surface area contributed by atoms with Crippen molar-refractivity contribution in [3.8, 4) is 0 Å². The smallest absolute Gasteiger partial charge is 0.408 e. The van der Waals surface area contributed by atoms with Gasteiger partial charge in [0.1, 0.15) is 11.6 Å². The molecule has 1 fully saturated rings. The highest BCUT2D eigenvalue weighted by atomic mass is 16.6. The number of amides is 1. The molecule has 0 aromatic carbocycles. The summed E-state index contributed by atoms with van der Waals surface area (Å²) in [5, 5.41) is 2.64. The maximum atomic E-state index is 11.8. The summed E-state index contributed by atoms with van der Waals surface area (Å²) in [5.74, 6) is 0.0734. The molecule has 116 valence electrons. The van der Waals surface area contributed by atoms with E-state index in [1.165, 1.54) is 26.4 Å². The summed E-state index contributed by atoms with van der Waals surface area (Å²) in [6.07, 6.45) is 5.96. The minimum absolute atomic E-state index is 0.401. The van der Waals surface area contributed by atoms with E-state index in [2.05, 4.69) is 5.32 Å². The second kappa shape index (κ2) is 7.50. The number of ether oxygens (including phenoxy) is 2. The molecule has 1 saturated carbocycles. The largest absolute Gasteiger partial charge is 0.467 e. The van der Waals surface area contributed by atoms with Crippen molar-refractivity contribution in [2.75, 3.05) is 7.11 Å². The van der Waals surface area contributed by atoms with Gasteiger partial charge in [-0.15, -0.1) is 0 Å². The Morgan fingerprint density at radius 2 is 1.80 bits per heavy atom. The number of carbonyl (C=O) groups is 2. The highest BCUT2D eigenvalue weighted by molar-refractivity contribution is 5.81. The molecule has 0 spiro atoms. The van der Waals surface area contributed by atoms with Crippen LogP contribution in [0.2, 0.25) is 0 Å². The van der Waals surface area contributed by atoms with Gasteiger partial charge < -0.3 is 14.8 Å². The number of methoxy groups -OCH3 is 1. The monoisotopic (exact) mass is 285 g/mol. The Balaban J connectivity index is 2.55. The molecule has 1 N–H and O–H groups in total. The summed E-state index contributed by atoms with van der Waals surface area (Å²) in [6, 6.07) is -0.613. The highest BCUT2D eigenvalue weighted by Gasteiger charge is 2.28. The molecule has 20 heavy (non-hydrogen) atoms. The highest BCUT2D eigenvalue weighted by Crippen LogP contribution is 2.27. The molecule has 1 aliphatic carbocycles. The molecule has 5 heteroatoms. The van der Waals surface area contributed by atoms with Crippen LogP contribution in [0.25, 0.3) is 0 Å². The van der Waals surface area contributed by atoms with E-state index in [0.717, 1.165) is 12.8 Å². The summed E-state index contributed by atoms with van der Waals surface area (Å²) in [7, 11) is 1.34. The topological polar surface area (TPSA) is 64.6 Å². The molecule has 1 rings (SSSR count).